The molecule has 3 nitrogen and oxygen atoms in total. The molecule has 0 atom stereocenters. The number of hydrogen-bond acceptors (Lipinski definition) is 3. The van der Waals surface area contributed by atoms with Crippen LogP contribution in [-0.2, 0) is 19.7 Å². The van der Waals surface area contributed by atoms with E-state index in [1.54, 1.807) is 0 Å². The highest BCUT2D eigenvalue weighted by Crippen LogP contribution is 2.44. The molecule has 0 amide bonds. The van der Waals surface area contributed by atoms with Crippen molar-refractivity contribution in [3.8, 4) is 0 Å². The Hall–Kier alpha value is -1.29. The third-order valence-electron chi connectivity index (χ3n) is 2.34. The van der Waals surface area contributed by atoms with Crippen LogP contribution in [0.5, 0.6) is 0 Å². The molecule has 1 heterocycles. The molecular weight excluding hydrogens is 188 g/mol. The van der Waals surface area contributed by atoms with Crippen molar-refractivity contribution >= 4 is 11.4 Å². The monoisotopic (exact) mass is 194 g/mol. The summed E-state index contributed by atoms with van der Waals surface area (Å²) in [5.74, 6) is 0. The number of allylic oxidation sites excluding steroid dienone is 6. The Morgan fingerprint density at radius 1 is 1.08 bits per heavy atom. The van der Waals surface area contributed by atoms with Crippen LogP contribution in [0.15, 0.2) is 47.0 Å². The lowest BCUT2D eigenvalue weighted by Gasteiger charge is -2.00. The summed E-state index contributed by atoms with van der Waals surface area (Å²) in [6.45, 7) is 0. The minimum absolute atomic E-state index is 0.941. The summed E-state index contributed by atoms with van der Waals surface area (Å²) < 4.78 is 20.6. The van der Waals surface area contributed by atoms with E-state index < -0.39 is 11.4 Å². The number of rotatable bonds is 0. The normalized spacial score (nSPS) is 24.6. The zero-order chi connectivity index (χ0) is 8.84. The van der Waals surface area contributed by atoms with Gasteiger partial charge >= 0.3 is 11.4 Å². The largest absolute Gasteiger partial charge is 0.416 e. The lowest BCUT2D eigenvalue weighted by molar-refractivity contribution is 0.397. The third kappa shape index (κ3) is 0.920. The molecule has 2 aliphatic carbocycles. The molecule has 1 aliphatic heterocycles. The molecule has 0 spiro atoms. The molecule has 0 N–H and O–H groups in total. The minimum atomic E-state index is -1.68. The molecule has 4 heteroatoms. The standard InChI is InChI=1S/C9H6O3S/c10-13-11-4-8-6-1-2-7(3-6)9(8)5-12-13/h1-2,4-5H,3H2. The van der Waals surface area contributed by atoms with E-state index in [2.05, 4.69) is 12.2 Å². The van der Waals surface area contributed by atoms with E-state index in [1.807, 2.05) is 0 Å². The van der Waals surface area contributed by atoms with E-state index >= 15 is 0 Å². The van der Waals surface area contributed by atoms with Crippen molar-refractivity contribution in [3.05, 3.63) is 47.0 Å². The maximum atomic E-state index is 10.9. The summed E-state index contributed by atoms with van der Waals surface area (Å²) in [7, 11) is 0. The van der Waals surface area contributed by atoms with Gasteiger partial charge in [-0.15, -0.1) is 0 Å². The second kappa shape index (κ2) is 2.35. The van der Waals surface area contributed by atoms with Crippen molar-refractivity contribution in [1.29, 1.82) is 0 Å². The Kier molecular flexibility index (Phi) is 1.29. The maximum absolute atomic E-state index is 10.9. The van der Waals surface area contributed by atoms with Crippen LogP contribution < -0.4 is 0 Å². The second-order valence-electron chi connectivity index (χ2n) is 3.02. The van der Waals surface area contributed by atoms with Gasteiger partial charge in [-0.05, 0) is 17.6 Å². The van der Waals surface area contributed by atoms with Gasteiger partial charge in [0.05, 0.1) is 0 Å². The van der Waals surface area contributed by atoms with Gasteiger partial charge in [0, 0.05) is 11.1 Å². The Balaban J connectivity index is 2.14. The van der Waals surface area contributed by atoms with Crippen LogP contribution in [0.25, 0.3) is 0 Å². The van der Waals surface area contributed by atoms with Gasteiger partial charge in [-0.1, -0.05) is 12.2 Å². The fraction of sp³-hybridized carbons (Fsp3) is 0.111. The molecule has 0 radical (unpaired) electrons. The lowest BCUT2D eigenvalue weighted by Crippen LogP contribution is -1.90. The summed E-state index contributed by atoms with van der Waals surface area (Å²) in [5, 5.41) is 0. The fourth-order valence-corrected chi connectivity index (χ4v) is 2.11. The molecule has 1 fully saturated rings. The molecule has 3 rings (SSSR count). The molecule has 1 saturated carbocycles. The zero-order valence-corrected chi connectivity index (χ0v) is 7.47. The first-order chi connectivity index (χ1) is 6.34. The van der Waals surface area contributed by atoms with Crippen LogP contribution in [0.3, 0.4) is 0 Å². The molecular formula is C9H6O3S. The number of hydrogen-bond donors (Lipinski definition) is 0. The van der Waals surface area contributed by atoms with Gasteiger partial charge in [-0.25, -0.2) is 0 Å². The summed E-state index contributed by atoms with van der Waals surface area (Å²) in [4.78, 5) is 0. The van der Waals surface area contributed by atoms with Gasteiger partial charge in [0.2, 0.25) is 0 Å². The van der Waals surface area contributed by atoms with Crippen LogP contribution in [0.4, 0.5) is 0 Å². The van der Waals surface area contributed by atoms with Gasteiger partial charge in [0.1, 0.15) is 12.5 Å². The Morgan fingerprint density at radius 3 is 2.15 bits per heavy atom. The van der Waals surface area contributed by atoms with Crippen molar-refractivity contribution < 1.29 is 12.6 Å². The van der Waals surface area contributed by atoms with Gasteiger partial charge in [-0.3, -0.25) is 0 Å². The zero-order valence-electron chi connectivity index (χ0n) is 6.65. The predicted molar refractivity (Wildman–Crippen MR) is 47.3 cm³/mol. The van der Waals surface area contributed by atoms with Crippen LogP contribution in [0, 0.1) is 0 Å². The third-order valence-corrected chi connectivity index (χ3v) is 2.84. The van der Waals surface area contributed by atoms with Crippen LogP contribution in [-0.4, -0.2) is 4.21 Å². The highest BCUT2D eigenvalue weighted by atomic mass is 32.2. The van der Waals surface area contributed by atoms with Crippen LogP contribution in [0.2, 0.25) is 0 Å². The predicted octanol–water partition coefficient (Wildman–Crippen LogP) is 1.65. The van der Waals surface area contributed by atoms with Crippen LogP contribution >= 0.6 is 0 Å². The van der Waals surface area contributed by atoms with Crippen molar-refractivity contribution in [2.75, 3.05) is 0 Å². The van der Waals surface area contributed by atoms with Crippen molar-refractivity contribution in [2.24, 2.45) is 0 Å². The molecule has 0 unspecified atom stereocenters. The highest BCUT2D eigenvalue weighted by Gasteiger charge is 2.30. The first-order valence-corrected chi connectivity index (χ1v) is 4.92. The van der Waals surface area contributed by atoms with E-state index in [4.69, 9.17) is 8.37 Å². The summed E-state index contributed by atoms with van der Waals surface area (Å²) in [6, 6.07) is 0. The molecule has 13 heavy (non-hydrogen) atoms. The van der Waals surface area contributed by atoms with Crippen molar-refractivity contribution in [1.82, 2.24) is 0 Å². The van der Waals surface area contributed by atoms with E-state index in [0.29, 0.717) is 0 Å². The molecule has 0 saturated heterocycles. The summed E-state index contributed by atoms with van der Waals surface area (Å²) in [5.41, 5.74) is 4.43. The smallest absolute Gasteiger partial charge is 0.378 e. The lowest BCUT2D eigenvalue weighted by atomic mass is 10.0. The second-order valence-corrected chi connectivity index (χ2v) is 3.81. The van der Waals surface area contributed by atoms with Gasteiger partial charge in [0.25, 0.3) is 0 Å². The van der Waals surface area contributed by atoms with Crippen molar-refractivity contribution in [3.63, 3.8) is 0 Å². The first kappa shape index (κ1) is 7.15. The molecule has 0 aromatic heterocycles. The minimum Gasteiger partial charge on any atom is -0.378 e. The Labute approximate surface area is 77.9 Å². The van der Waals surface area contributed by atoms with E-state index in [1.165, 1.54) is 23.7 Å². The molecule has 0 aromatic carbocycles. The first-order valence-electron chi connectivity index (χ1n) is 3.92. The topological polar surface area (TPSA) is 35.5 Å². The van der Waals surface area contributed by atoms with E-state index in [9.17, 15) is 4.21 Å². The molecule has 3 aliphatic rings. The van der Waals surface area contributed by atoms with Crippen molar-refractivity contribution in [2.45, 2.75) is 6.42 Å². The highest BCUT2D eigenvalue weighted by molar-refractivity contribution is 7.75. The van der Waals surface area contributed by atoms with Crippen LogP contribution in [0.1, 0.15) is 6.42 Å². The summed E-state index contributed by atoms with van der Waals surface area (Å²) in [6.07, 6.45) is 8.07. The average molecular weight is 194 g/mol. The Morgan fingerprint density at radius 2 is 1.62 bits per heavy atom. The SMILES string of the molecule is O=S1OC=C2C3=CC=C(C3)C2=CO1. The summed E-state index contributed by atoms with van der Waals surface area (Å²) >= 11 is -1.68. The molecule has 66 valence electrons. The van der Waals surface area contributed by atoms with Gasteiger partial charge < -0.3 is 8.37 Å². The molecule has 0 aromatic rings. The van der Waals surface area contributed by atoms with E-state index in [-0.39, 0.29) is 0 Å². The van der Waals surface area contributed by atoms with Gasteiger partial charge in [0.15, 0.2) is 0 Å². The quantitative estimate of drug-likeness (QED) is 0.588. The van der Waals surface area contributed by atoms with Gasteiger partial charge in [-0.2, -0.15) is 4.21 Å². The van der Waals surface area contributed by atoms with E-state index in [0.717, 1.165) is 17.6 Å². The number of fused-ring (bicyclic) bond motifs is 5. The average Bonchev–Trinajstić information content (AvgIpc) is 2.66. The fourth-order valence-electron chi connectivity index (χ4n) is 1.72. The maximum Gasteiger partial charge on any atom is 0.416 e. The Bertz CT molecular complexity index is 388. The molecule has 2 bridgehead atoms.